The van der Waals surface area contributed by atoms with Gasteiger partial charge in [-0.15, -0.1) is 0 Å². The fraction of sp³-hybridized carbons (Fsp3) is 0.923. The molecule has 16 heavy (non-hydrogen) atoms. The zero-order valence-corrected chi connectivity index (χ0v) is 10.7. The lowest BCUT2D eigenvalue weighted by molar-refractivity contribution is -0.153. The van der Waals surface area contributed by atoms with E-state index in [4.69, 9.17) is 9.84 Å². The van der Waals surface area contributed by atoms with Crippen molar-refractivity contribution in [1.29, 1.82) is 0 Å². The maximum atomic E-state index is 11.1. The minimum absolute atomic E-state index is 0.426. The van der Waals surface area contributed by atoms with Crippen molar-refractivity contribution in [3.63, 3.8) is 0 Å². The van der Waals surface area contributed by atoms with Crippen molar-refractivity contribution >= 4 is 5.97 Å². The monoisotopic (exact) mass is 230 g/mol. The Morgan fingerprint density at radius 3 is 2.19 bits per heavy atom. The Kier molecular flexibility index (Phi) is 10.5. The van der Waals surface area contributed by atoms with E-state index in [1.165, 1.54) is 32.1 Å². The number of esters is 1. The van der Waals surface area contributed by atoms with Crippen LogP contribution in [0.15, 0.2) is 0 Å². The Hall–Kier alpha value is -0.570. The highest BCUT2D eigenvalue weighted by Crippen LogP contribution is 2.07. The average molecular weight is 230 g/mol. The fourth-order valence-corrected chi connectivity index (χ4v) is 1.49. The van der Waals surface area contributed by atoms with Crippen LogP contribution in [-0.4, -0.2) is 23.8 Å². The van der Waals surface area contributed by atoms with Crippen LogP contribution in [-0.2, 0) is 9.53 Å². The molecule has 1 unspecified atom stereocenters. The van der Waals surface area contributed by atoms with E-state index in [0.29, 0.717) is 13.0 Å². The third-order valence-corrected chi connectivity index (χ3v) is 2.65. The van der Waals surface area contributed by atoms with E-state index in [-0.39, 0.29) is 0 Å². The SMILES string of the molecule is CCCCCCCCCOC(=O)C(O)CC. The summed E-state index contributed by atoms with van der Waals surface area (Å²) in [6.07, 6.45) is 7.90. The minimum Gasteiger partial charge on any atom is -0.464 e. The standard InChI is InChI=1S/C13H26O3/c1-3-5-6-7-8-9-10-11-16-13(15)12(14)4-2/h12,14H,3-11H2,1-2H3. The molecular weight excluding hydrogens is 204 g/mol. The summed E-state index contributed by atoms with van der Waals surface area (Å²) in [5.74, 6) is -0.478. The highest BCUT2D eigenvalue weighted by atomic mass is 16.5. The normalized spacial score (nSPS) is 12.4. The van der Waals surface area contributed by atoms with Gasteiger partial charge in [0.15, 0.2) is 6.10 Å². The Morgan fingerprint density at radius 1 is 1.06 bits per heavy atom. The molecule has 0 aromatic heterocycles. The number of aliphatic hydroxyl groups excluding tert-OH is 1. The number of hydrogen-bond donors (Lipinski definition) is 1. The molecule has 0 fully saturated rings. The fourth-order valence-electron chi connectivity index (χ4n) is 1.49. The molecule has 0 amide bonds. The summed E-state index contributed by atoms with van der Waals surface area (Å²) in [4.78, 5) is 11.1. The largest absolute Gasteiger partial charge is 0.464 e. The Labute approximate surface area is 99.2 Å². The first kappa shape index (κ1) is 15.4. The zero-order valence-electron chi connectivity index (χ0n) is 10.7. The summed E-state index contributed by atoms with van der Waals surface area (Å²) >= 11 is 0. The maximum Gasteiger partial charge on any atom is 0.334 e. The van der Waals surface area contributed by atoms with Crippen molar-refractivity contribution in [3.05, 3.63) is 0 Å². The summed E-state index contributed by atoms with van der Waals surface area (Å²) in [5.41, 5.74) is 0. The second-order valence-electron chi connectivity index (χ2n) is 4.21. The summed E-state index contributed by atoms with van der Waals surface area (Å²) in [6.45, 7) is 4.42. The van der Waals surface area contributed by atoms with Gasteiger partial charge >= 0.3 is 5.97 Å². The molecular formula is C13H26O3. The molecule has 0 spiro atoms. The van der Waals surface area contributed by atoms with Crippen molar-refractivity contribution in [3.8, 4) is 0 Å². The van der Waals surface area contributed by atoms with Gasteiger partial charge in [0, 0.05) is 0 Å². The second kappa shape index (κ2) is 10.9. The lowest BCUT2D eigenvalue weighted by atomic mass is 10.1. The molecule has 0 aromatic rings. The Bertz CT molecular complexity index is 169. The molecule has 1 N–H and O–H groups in total. The van der Waals surface area contributed by atoms with E-state index in [0.717, 1.165) is 12.8 Å². The predicted molar refractivity (Wildman–Crippen MR) is 65.2 cm³/mol. The molecule has 0 rings (SSSR count). The summed E-state index contributed by atoms with van der Waals surface area (Å²) in [5, 5.41) is 9.15. The summed E-state index contributed by atoms with van der Waals surface area (Å²) in [7, 11) is 0. The van der Waals surface area contributed by atoms with Crippen molar-refractivity contribution in [1.82, 2.24) is 0 Å². The third-order valence-electron chi connectivity index (χ3n) is 2.65. The molecule has 1 atom stereocenters. The molecule has 0 saturated carbocycles. The molecule has 0 aliphatic rings. The van der Waals surface area contributed by atoms with Crippen LogP contribution in [0.25, 0.3) is 0 Å². The third kappa shape index (κ3) is 8.72. The van der Waals surface area contributed by atoms with E-state index < -0.39 is 12.1 Å². The van der Waals surface area contributed by atoms with Crippen molar-refractivity contribution in [2.75, 3.05) is 6.61 Å². The molecule has 0 aromatic carbocycles. The number of unbranched alkanes of at least 4 members (excludes halogenated alkanes) is 6. The number of rotatable bonds is 10. The highest BCUT2D eigenvalue weighted by Gasteiger charge is 2.12. The van der Waals surface area contributed by atoms with Crippen LogP contribution in [0.1, 0.15) is 65.2 Å². The van der Waals surface area contributed by atoms with Gasteiger partial charge < -0.3 is 9.84 Å². The zero-order chi connectivity index (χ0) is 12.2. The van der Waals surface area contributed by atoms with E-state index in [1.807, 2.05) is 0 Å². The topological polar surface area (TPSA) is 46.5 Å². The number of carbonyl (C=O) groups is 1. The molecule has 96 valence electrons. The summed E-state index contributed by atoms with van der Waals surface area (Å²) < 4.78 is 4.93. The van der Waals surface area contributed by atoms with Gasteiger partial charge in [0.05, 0.1) is 6.61 Å². The number of aliphatic hydroxyl groups is 1. The van der Waals surface area contributed by atoms with Crippen molar-refractivity contribution in [2.24, 2.45) is 0 Å². The summed E-state index contributed by atoms with van der Waals surface area (Å²) in [6, 6.07) is 0. The van der Waals surface area contributed by atoms with E-state index in [1.54, 1.807) is 6.92 Å². The second-order valence-corrected chi connectivity index (χ2v) is 4.21. The van der Waals surface area contributed by atoms with E-state index >= 15 is 0 Å². The van der Waals surface area contributed by atoms with Crippen LogP contribution in [0, 0.1) is 0 Å². The first-order valence-corrected chi connectivity index (χ1v) is 6.57. The molecule has 0 aliphatic heterocycles. The first-order chi connectivity index (χ1) is 7.72. The maximum absolute atomic E-state index is 11.1. The average Bonchev–Trinajstić information content (AvgIpc) is 2.31. The number of ether oxygens (including phenoxy) is 1. The van der Waals surface area contributed by atoms with Crippen LogP contribution in [0.4, 0.5) is 0 Å². The van der Waals surface area contributed by atoms with Crippen LogP contribution < -0.4 is 0 Å². The van der Waals surface area contributed by atoms with Gasteiger partial charge in [0.1, 0.15) is 0 Å². The van der Waals surface area contributed by atoms with Gasteiger partial charge in [-0.05, 0) is 12.8 Å². The van der Waals surface area contributed by atoms with Gasteiger partial charge in [-0.2, -0.15) is 0 Å². The Morgan fingerprint density at radius 2 is 1.62 bits per heavy atom. The highest BCUT2D eigenvalue weighted by molar-refractivity contribution is 5.74. The minimum atomic E-state index is -0.940. The smallest absolute Gasteiger partial charge is 0.334 e. The predicted octanol–water partition coefficient (Wildman–Crippen LogP) is 3.05. The van der Waals surface area contributed by atoms with Crippen molar-refractivity contribution < 1.29 is 14.6 Å². The number of carbonyl (C=O) groups excluding carboxylic acids is 1. The lowest BCUT2D eigenvalue weighted by Gasteiger charge is -2.08. The molecule has 0 aliphatic carbocycles. The van der Waals surface area contributed by atoms with Crippen LogP contribution in [0.5, 0.6) is 0 Å². The van der Waals surface area contributed by atoms with Gasteiger partial charge in [-0.3, -0.25) is 0 Å². The molecule has 3 heteroatoms. The van der Waals surface area contributed by atoms with Crippen molar-refractivity contribution in [2.45, 2.75) is 71.3 Å². The van der Waals surface area contributed by atoms with Gasteiger partial charge in [-0.25, -0.2) is 4.79 Å². The molecule has 3 nitrogen and oxygen atoms in total. The number of hydrogen-bond acceptors (Lipinski definition) is 3. The molecule has 0 saturated heterocycles. The van der Waals surface area contributed by atoms with Crippen LogP contribution in [0.2, 0.25) is 0 Å². The molecule has 0 heterocycles. The molecule has 0 bridgehead atoms. The van der Waals surface area contributed by atoms with E-state index in [9.17, 15) is 4.79 Å². The van der Waals surface area contributed by atoms with Gasteiger partial charge in [0.25, 0.3) is 0 Å². The van der Waals surface area contributed by atoms with Gasteiger partial charge in [-0.1, -0.05) is 52.4 Å². The van der Waals surface area contributed by atoms with Crippen LogP contribution >= 0.6 is 0 Å². The molecule has 0 radical (unpaired) electrons. The quantitative estimate of drug-likeness (QED) is 0.463. The van der Waals surface area contributed by atoms with E-state index in [2.05, 4.69) is 6.92 Å². The first-order valence-electron chi connectivity index (χ1n) is 6.57. The Balaban J connectivity index is 3.18. The van der Waals surface area contributed by atoms with Gasteiger partial charge in [0.2, 0.25) is 0 Å². The van der Waals surface area contributed by atoms with Crippen LogP contribution in [0.3, 0.4) is 0 Å². The lowest BCUT2D eigenvalue weighted by Crippen LogP contribution is -2.22.